The smallest absolute Gasteiger partial charge is 0.254 e. The van der Waals surface area contributed by atoms with Gasteiger partial charge in [-0.05, 0) is 55.3 Å². The van der Waals surface area contributed by atoms with E-state index in [1.807, 2.05) is 25.1 Å². The summed E-state index contributed by atoms with van der Waals surface area (Å²) < 4.78 is 5.78. The molecule has 0 fully saturated rings. The number of aromatic hydroxyl groups is 1. The predicted molar refractivity (Wildman–Crippen MR) is 110 cm³/mol. The molecule has 1 aromatic carbocycles. The van der Waals surface area contributed by atoms with Crippen molar-refractivity contribution in [1.82, 2.24) is 9.88 Å². The van der Waals surface area contributed by atoms with Crippen LogP contribution in [-0.2, 0) is 13.0 Å². The number of aromatic nitrogens is 1. The van der Waals surface area contributed by atoms with Crippen LogP contribution in [0.2, 0.25) is 0 Å². The summed E-state index contributed by atoms with van der Waals surface area (Å²) in [4.78, 5) is 21.4. The number of rotatable bonds is 3. The molecule has 0 saturated heterocycles. The summed E-state index contributed by atoms with van der Waals surface area (Å²) in [6.07, 6.45) is 2.46. The first-order valence-electron chi connectivity index (χ1n) is 9.35. The Labute approximate surface area is 168 Å². The Hall–Kier alpha value is -2.86. The number of carbonyl (C=O) groups excluding carboxylic acids is 1. The average molecular weight is 394 g/mol. The molecule has 0 unspecified atom stereocenters. The van der Waals surface area contributed by atoms with Crippen LogP contribution >= 0.6 is 11.3 Å². The molecular weight excluding hydrogens is 372 g/mol. The Kier molecular flexibility index (Phi) is 5.05. The van der Waals surface area contributed by atoms with Crippen LogP contribution in [0.15, 0.2) is 42.6 Å². The van der Waals surface area contributed by atoms with Gasteiger partial charge >= 0.3 is 0 Å². The molecule has 3 heterocycles. The van der Waals surface area contributed by atoms with E-state index in [1.165, 1.54) is 4.88 Å². The van der Waals surface area contributed by atoms with E-state index in [-0.39, 0.29) is 11.7 Å². The minimum Gasteiger partial charge on any atom is -0.504 e. The quantitative estimate of drug-likeness (QED) is 0.714. The maximum Gasteiger partial charge on any atom is 0.254 e. The second-order valence-corrected chi connectivity index (χ2v) is 8.15. The van der Waals surface area contributed by atoms with Crippen molar-refractivity contribution in [3.8, 4) is 21.9 Å². The number of carbonyl (C=O) groups is 1. The van der Waals surface area contributed by atoms with Crippen LogP contribution in [0.5, 0.6) is 11.5 Å². The summed E-state index contributed by atoms with van der Waals surface area (Å²) in [5.41, 5.74) is 3.27. The van der Waals surface area contributed by atoms with Crippen molar-refractivity contribution in [2.75, 3.05) is 13.2 Å². The first kappa shape index (κ1) is 18.5. The number of ether oxygens (including phenoxy) is 1. The second kappa shape index (κ2) is 7.64. The highest BCUT2D eigenvalue weighted by Crippen LogP contribution is 2.39. The summed E-state index contributed by atoms with van der Waals surface area (Å²) in [5.74, 6) is 0.534. The molecule has 1 aliphatic heterocycles. The molecule has 0 aliphatic carbocycles. The molecule has 2 aromatic heterocycles. The molecule has 0 atom stereocenters. The minimum absolute atomic E-state index is 0.0505. The van der Waals surface area contributed by atoms with Crippen LogP contribution in [0.1, 0.15) is 33.4 Å². The lowest BCUT2D eigenvalue weighted by Crippen LogP contribution is -2.32. The summed E-state index contributed by atoms with van der Waals surface area (Å²) in [5, 5.41) is 10.5. The molecule has 4 rings (SSSR count). The van der Waals surface area contributed by atoms with Gasteiger partial charge in [-0.25, -0.2) is 0 Å². The fraction of sp³-hybridized carbons (Fsp3) is 0.273. The van der Waals surface area contributed by atoms with Crippen molar-refractivity contribution in [2.24, 2.45) is 0 Å². The van der Waals surface area contributed by atoms with E-state index in [1.54, 1.807) is 34.6 Å². The number of nitrogens with zero attached hydrogens (tertiary/aromatic N) is 2. The molecule has 0 radical (unpaired) electrons. The fourth-order valence-corrected chi connectivity index (χ4v) is 4.25. The number of benzene rings is 1. The highest BCUT2D eigenvalue weighted by Gasteiger charge is 2.24. The molecule has 1 N–H and O–H groups in total. The van der Waals surface area contributed by atoms with Gasteiger partial charge in [-0.15, -0.1) is 11.3 Å². The SMILES string of the molecule is CCc1cc(C(=O)N2CCOc3c(O)cc(-c4ccc(C)s4)cc3C2)ccn1. The number of pyridine rings is 1. The van der Waals surface area contributed by atoms with E-state index in [9.17, 15) is 9.90 Å². The van der Waals surface area contributed by atoms with Crippen LogP contribution in [0, 0.1) is 6.92 Å². The van der Waals surface area contributed by atoms with Crippen molar-refractivity contribution in [3.63, 3.8) is 0 Å². The summed E-state index contributed by atoms with van der Waals surface area (Å²) in [6.45, 7) is 5.27. The monoisotopic (exact) mass is 394 g/mol. The van der Waals surface area contributed by atoms with Gasteiger partial charge in [0.25, 0.3) is 5.91 Å². The third-order valence-electron chi connectivity index (χ3n) is 4.85. The molecule has 3 aromatic rings. The Morgan fingerprint density at radius 2 is 2.14 bits per heavy atom. The predicted octanol–water partition coefficient (Wildman–Crippen LogP) is 4.42. The van der Waals surface area contributed by atoms with E-state index in [4.69, 9.17) is 4.74 Å². The van der Waals surface area contributed by atoms with Crippen molar-refractivity contribution < 1.29 is 14.6 Å². The topological polar surface area (TPSA) is 62.7 Å². The Morgan fingerprint density at radius 1 is 1.29 bits per heavy atom. The number of phenols is 1. The maximum absolute atomic E-state index is 13.1. The van der Waals surface area contributed by atoms with Crippen molar-refractivity contribution in [1.29, 1.82) is 0 Å². The number of amides is 1. The van der Waals surface area contributed by atoms with Gasteiger partial charge in [0.2, 0.25) is 0 Å². The molecule has 0 saturated carbocycles. The number of thiophene rings is 1. The third kappa shape index (κ3) is 3.60. The van der Waals surface area contributed by atoms with Crippen LogP contribution < -0.4 is 4.74 Å². The molecular formula is C22H22N2O3S. The van der Waals surface area contributed by atoms with Gasteiger partial charge in [-0.3, -0.25) is 9.78 Å². The molecule has 1 amide bonds. The van der Waals surface area contributed by atoms with E-state index < -0.39 is 0 Å². The van der Waals surface area contributed by atoms with Crippen LogP contribution in [0.4, 0.5) is 0 Å². The molecule has 5 nitrogen and oxygen atoms in total. The molecule has 144 valence electrons. The van der Waals surface area contributed by atoms with Crippen molar-refractivity contribution in [3.05, 3.63) is 64.3 Å². The zero-order chi connectivity index (χ0) is 19.7. The van der Waals surface area contributed by atoms with Gasteiger partial charge < -0.3 is 14.7 Å². The Bertz CT molecular complexity index is 1030. The number of aryl methyl sites for hydroxylation is 2. The van der Waals surface area contributed by atoms with E-state index in [0.717, 1.165) is 28.1 Å². The second-order valence-electron chi connectivity index (χ2n) is 6.86. The number of phenolic OH excluding ortho intramolecular Hbond substituents is 1. The van der Waals surface area contributed by atoms with Gasteiger partial charge in [0, 0.05) is 39.3 Å². The standard InChI is InChI=1S/C22H22N2O3S/c1-3-18-11-15(6-7-23-18)22(26)24-8-9-27-21-17(13-24)10-16(12-19(21)25)20-5-4-14(2)28-20/h4-7,10-12,25H,3,8-9,13H2,1-2H3. The Balaban J connectivity index is 1.67. The van der Waals surface area contributed by atoms with Gasteiger partial charge in [-0.2, -0.15) is 0 Å². The number of fused-ring (bicyclic) bond motifs is 1. The molecule has 0 spiro atoms. The van der Waals surface area contributed by atoms with Crippen molar-refractivity contribution >= 4 is 17.2 Å². The lowest BCUT2D eigenvalue weighted by molar-refractivity contribution is 0.0733. The third-order valence-corrected chi connectivity index (χ3v) is 5.90. The lowest BCUT2D eigenvalue weighted by Gasteiger charge is -2.20. The average Bonchev–Trinajstić information content (AvgIpc) is 3.02. The minimum atomic E-state index is -0.0505. The van der Waals surface area contributed by atoms with Gasteiger partial charge in [0.05, 0.1) is 6.54 Å². The lowest BCUT2D eigenvalue weighted by atomic mass is 10.1. The first-order chi connectivity index (χ1) is 13.5. The van der Waals surface area contributed by atoms with Crippen LogP contribution in [-0.4, -0.2) is 34.0 Å². The molecule has 28 heavy (non-hydrogen) atoms. The van der Waals surface area contributed by atoms with E-state index in [0.29, 0.717) is 31.0 Å². The highest BCUT2D eigenvalue weighted by molar-refractivity contribution is 7.15. The zero-order valence-electron chi connectivity index (χ0n) is 15.9. The van der Waals surface area contributed by atoms with Gasteiger partial charge in [0.1, 0.15) is 6.61 Å². The summed E-state index contributed by atoms with van der Waals surface area (Å²) in [7, 11) is 0. The van der Waals surface area contributed by atoms with Gasteiger partial charge in [-0.1, -0.05) is 6.92 Å². The largest absolute Gasteiger partial charge is 0.504 e. The normalized spacial score (nSPS) is 13.6. The first-order valence-corrected chi connectivity index (χ1v) is 10.2. The fourth-order valence-electron chi connectivity index (χ4n) is 3.39. The molecule has 1 aliphatic rings. The van der Waals surface area contributed by atoms with Crippen LogP contribution in [0.25, 0.3) is 10.4 Å². The molecule has 0 bridgehead atoms. The summed E-state index contributed by atoms with van der Waals surface area (Å²) >= 11 is 1.67. The van der Waals surface area contributed by atoms with Crippen molar-refractivity contribution in [2.45, 2.75) is 26.8 Å². The van der Waals surface area contributed by atoms with Crippen LogP contribution in [0.3, 0.4) is 0 Å². The highest BCUT2D eigenvalue weighted by atomic mass is 32.1. The summed E-state index contributed by atoms with van der Waals surface area (Å²) in [6, 6.07) is 11.4. The maximum atomic E-state index is 13.1. The van der Waals surface area contributed by atoms with Gasteiger partial charge in [0.15, 0.2) is 11.5 Å². The number of hydrogen-bond donors (Lipinski definition) is 1. The molecule has 6 heteroatoms. The Morgan fingerprint density at radius 3 is 2.89 bits per heavy atom. The zero-order valence-corrected chi connectivity index (χ0v) is 16.8. The van der Waals surface area contributed by atoms with E-state index >= 15 is 0 Å². The van der Waals surface area contributed by atoms with E-state index in [2.05, 4.69) is 18.0 Å². The number of hydrogen-bond acceptors (Lipinski definition) is 5.